The molecule has 5 heteroatoms. The van der Waals surface area contributed by atoms with Gasteiger partial charge in [-0.05, 0) is 35.7 Å². The van der Waals surface area contributed by atoms with E-state index in [-0.39, 0.29) is 5.91 Å². The molecule has 0 spiro atoms. The standard InChI is InChI=1S/C15H14Cl2N2O/c16-13-4-1-5-14(17)12(13)6-7-15(20)19-10-11-3-2-8-18-9-11/h1-5,8-9H,6-7,10H2,(H,19,20). The normalized spacial score (nSPS) is 10.3. The fourth-order valence-electron chi connectivity index (χ4n) is 1.80. The Labute approximate surface area is 127 Å². The number of amides is 1. The third-order valence-electron chi connectivity index (χ3n) is 2.88. The lowest BCUT2D eigenvalue weighted by Crippen LogP contribution is -2.23. The van der Waals surface area contributed by atoms with Gasteiger partial charge in [0.2, 0.25) is 5.91 Å². The van der Waals surface area contributed by atoms with Crippen molar-refractivity contribution in [2.45, 2.75) is 19.4 Å². The number of rotatable bonds is 5. The molecule has 2 aromatic rings. The Bertz CT molecular complexity index is 567. The van der Waals surface area contributed by atoms with Gasteiger partial charge in [0.05, 0.1) is 0 Å². The van der Waals surface area contributed by atoms with Crippen molar-refractivity contribution in [3.8, 4) is 0 Å². The van der Waals surface area contributed by atoms with Crippen LogP contribution in [0, 0.1) is 0 Å². The van der Waals surface area contributed by atoms with E-state index < -0.39 is 0 Å². The summed E-state index contributed by atoms with van der Waals surface area (Å²) in [6.45, 7) is 0.475. The predicted molar refractivity (Wildman–Crippen MR) is 80.9 cm³/mol. The van der Waals surface area contributed by atoms with E-state index in [1.165, 1.54) is 0 Å². The lowest BCUT2D eigenvalue weighted by molar-refractivity contribution is -0.121. The smallest absolute Gasteiger partial charge is 0.220 e. The maximum Gasteiger partial charge on any atom is 0.220 e. The van der Waals surface area contributed by atoms with Gasteiger partial charge in [0.1, 0.15) is 0 Å². The van der Waals surface area contributed by atoms with Crippen LogP contribution in [0.1, 0.15) is 17.5 Å². The van der Waals surface area contributed by atoms with Crippen molar-refractivity contribution in [3.05, 3.63) is 63.9 Å². The van der Waals surface area contributed by atoms with Crippen LogP contribution in [0.4, 0.5) is 0 Å². The summed E-state index contributed by atoms with van der Waals surface area (Å²) in [5.74, 6) is -0.0372. The van der Waals surface area contributed by atoms with Gasteiger partial charge in [0.25, 0.3) is 0 Å². The van der Waals surface area contributed by atoms with Gasteiger partial charge in [-0.3, -0.25) is 9.78 Å². The summed E-state index contributed by atoms with van der Waals surface area (Å²) in [7, 11) is 0. The van der Waals surface area contributed by atoms with Gasteiger partial charge < -0.3 is 5.32 Å². The zero-order chi connectivity index (χ0) is 14.4. The van der Waals surface area contributed by atoms with Gasteiger partial charge in [0, 0.05) is 35.4 Å². The molecule has 0 fully saturated rings. The largest absolute Gasteiger partial charge is 0.352 e. The second-order valence-corrected chi connectivity index (χ2v) is 5.15. The van der Waals surface area contributed by atoms with Crippen LogP contribution in [0.2, 0.25) is 10.0 Å². The van der Waals surface area contributed by atoms with Gasteiger partial charge >= 0.3 is 0 Å². The van der Waals surface area contributed by atoms with Crippen molar-refractivity contribution in [1.29, 1.82) is 0 Å². The van der Waals surface area contributed by atoms with Crippen LogP contribution in [0.15, 0.2) is 42.7 Å². The van der Waals surface area contributed by atoms with Crippen molar-refractivity contribution < 1.29 is 4.79 Å². The molecule has 20 heavy (non-hydrogen) atoms. The van der Waals surface area contributed by atoms with E-state index in [0.29, 0.717) is 29.4 Å². The summed E-state index contributed by atoms with van der Waals surface area (Å²) in [6, 6.07) is 9.09. The van der Waals surface area contributed by atoms with Crippen LogP contribution in [0.5, 0.6) is 0 Å². The van der Waals surface area contributed by atoms with Crippen molar-refractivity contribution in [2.24, 2.45) is 0 Å². The number of carbonyl (C=O) groups is 1. The predicted octanol–water partition coefficient (Wildman–Crippen LogP) is 3.64. The van der Waals surface area contributed by atoms with E-state index in [1.54, 1.807) is 30.6 Å². The van der Waals surface area contributed by atoms with E-state index in [1.807, 2.05) is 12.1 Å². The van der Waals surface area contributed by atoms with E-state index in [0.717, 1.165) is 11.1 Å². The molecule has 0 aliphatic carbocycles. The molecule has 1 amide bonds. The molecular weight excluding hydrogens is 295 g/mol. The Balaban J connectivity index is 1.84. The molecule has 0 saturated heterocycles. The summed E-state index contributed by atoms with van der Waals surface area (Å²) in [4.78, 5) is 15.8. The zero-order valence-electron chi connectivity index (χ0n) is 10.8. The summed E-state index contributed by atoms with van der Waals surface area (Å²) in [5, 5.41) is 4.03. The number of pyridine rings is 1. The number of halogens is 2. The van der Waals surface area contributed by atoms with Crippen LogP contribution in [0.3, 0.4) is 0 Å². The van der Waals surface area contributed by atoms with E-state index in [9.17, 15) is 4.79 Å². The minimum Gasteiger partial charge on any atom is -0.352 e. The number of nitrogens with one attached hydrogen (secondary N) is 1. The molecule has 1 heterocycles. The molecule has 0 radical (unpaired) electrons. The van der Waals surface area contributed by atoms with Crippen LogP contribution in [0.25, 0.3) is 0 Å². The average molecular weight is 309 g/mol. The highest BCUT2D eigenvalue weighted by Crippen LogP contribution is 2.25. The lowest BCUT2D eigenvalue weighted by atomic mass is 10.1. The first kappa shape index (κ1) is 14.8. The molecule has 1 aromatic carbocycles. The molecule has 1 N–H and O–H groups in total. The Hall–Kier alpha value is -1.58. The minimum atomic E-state index is -0.0372. The number of hydrogen-bond donors (Lipinski definition) is 1. The number of hydrogen-bond acceptors (Lipinski definition) is 2. The number of benzene rings is 1. The Kier molecular flexibility index (Phi) is 5.39. The highest BCUT2D eigenvalue weighted by molar-refractivity contribution is 6.36. The first-order valence-corrected chi connectivity index (χ1v) is 7.01. The van der Waals surface area contributed by atoms with Crippen molar-refractivity contribution in [1.82, 2.24) is 10.3 Å². The van der Waals surface area contributed by atoms with Crippen LogP contribution < -0.4 is 5.32 Å². The van der Waals surface area contributed by atoms with Gasteiger partial charge in [-0.2, -0.15) is 0 Å². The number of nitrogens with zero attached hydrogens (tertiary/aromatic N) is 1. The summed E-state index contributed by atoms with van der Waals surface area (Å²) in [6.07, 6.45) is 4.30. The van der Waals surface area contributed by atoms with Gasteiger partial charge in [-0.1, -0.05) is 35.3 Å². The SMILES string of the molecule is O=C(CCc1c(Cl)cccc1Cl)NCc1cccnc1. The molecule has 0 unspecified atom stereocenters. The Morgan fingerprint density at radius 3 is 2.55 bits per heavy atom. The minimum absolute atomic E-state index is 0.0372. The Morgan fingerprint density at radius 1 is 1.15 bits per heavy atom. The molecular formula is C15H14Cl2N2O. The second-order valence-electron chi connectivity index (χ2n) is 4.34. The molecule has 1 aromatic heterocycles. The van der Waals surface area contributed by atoms with Crippen molar-refractivity contribution >= 4 is 29.1 Å². The van der Waals surface area contributed by atoms with E-state index in [2.05, 4.69) is 10.3 Å². The summed E-state index contributed by atoms with van der Waals surface area (Å²) >= 11 is 12.1. The molecule has 0 saturated carbocycles. The van der Waals surface area contributed by atoms with Gasteiger partial charge in [-0.25, -0.2) is 0 Å². The first-order valence-electron chi connectivity index (χ1n) is 6.25. The van der Waals surface area contributed by atoms with E-state index in [4.69, 9.17) is 23.2 Å². The topological polar surface area (TPSA) is 42.0 Å². The second kappa shape index (κ2) is 7.27. The van der Waals surface area contributed by atoms with Crippen LogP contribution in [-0.2, 0) is 17.8 Å². The Morgan fingerprint density at radius 2 is 1.90 bits per heavy atom. The lowest BCUT2D eigenvalue weighted by Gasteiger charge is -2.07. The maximum atomic E-state index is 11.8. The number of aromatic nitrogens is 1. The van der Waals surface area contributed by atoms with Gasteiger partial charge in [-0.15, -0.1) is 0 Å². The number of carbonyl (C=O) groups excluding carboxylic acids is 1. The molecule has 3 nitrogen and oxygen atoms in total. The molecule has 104 valence electrons. The average Bonchev–Trinajstić information content (AvgIpc) is 2.46. The highest BCUT2D eigenvalue weighted by Gasteiger charge is 2.08. The summed E-state index contributed by atoms with van der Waals surface area (Å²) < 4.78 is 0. The fourth-order valence-corrected chi connectivity index (χ4v) is 2.39. The zero-order valence-corrected chi connectivity index (χ0v) is 12.3. The first-order chi connectivity index (χ1) is 9.66. The third kappa shape index (κ3) is 4.22. The fraction of sp³-hybridized carbons (Fsp3) is 0.200. The van der Waals surface area contributed by atoms with Crippen molar-refractivity contribution in [2.75, 3.05) is 0 Å². The molecule has 0 aliphatic heterocycles. The molecule has 2 rings (SSSR count). The molecule has 0 atom stereocenters. The van der Waals surface area contributed by atoms with Crippen LogP contribution >= 0.6 is 23.2 Å². The molecule has 0 aliphatic rings. The summed E-state index contributed by atoms with van der Waals surface area (Å²) in [5.41, 5.74) is 1.78. The van der Waals surface area contributed by atoms with Gasteiger partial charge in [0.15, 0.2) is 0 Å². The third-order valence-corrected chi connectivity index (χ3v) is 3.58. The van der Waals surface area contributed by atoms with Crippen LogP contribution in [-0.4, -0.2) is 10.9 Å². The van der Waals surface area contributed by atoms with E-state index >= 15 is 0 Å². The highest BCUT2D eigenvalue weighted by atomic mass is 35.5. The monoisotopic (exact) mass is 308 g/mol. The quantitative estimate of drug-likeness (QED) is 0.916. The molecule has 0 bridgehead atoms. The van der Waals surface area contributed by atoms with Crippen molar-refractivity contribution in [3.63, 3.8) is 0 Å². The maximum absolute atomic E-state index is 11.8.